The van der Waals surface area contributed by atoms with E-state index in [1.807, 2.05) is 11.9 Å². The molecule has 0 aromatic rings. The van der Waals surface area contributed by atoms with Gasteiger partial charge in [0, 0.05) is 13.1 Å². The first-order valence-corrected chi connectivity index (χ1v) is 7.37. The molecule has 6 nitrogen and oxygen atoms in total. The number of hydrazine groups is 1. The number of carbonyl (C=O) groups is 2. The summed E-state index contributed by atoms with van der Waals surface area (Å²) in [4.78, 5) is 23.9. The zero-order valence-electron chi connectivity index (χ0n) is 13.0. The molecule has 1 atom stereocenters. The van der Waals surface area contributed by atoms with Crippen LogP contribution in [0.15, 0.2) is 0 Å². The average molecular weight is 285 g/mol. The number of nitrogens with one attached hydrogen (secondary N) is 2. The Morgan fingerprint density at radius 3 is 2.35 bits per heavy atom. The zero-order chi connectivity index (χ0) is 15.2. The number of rotatable bonds is 5. The molecule has 1 aliphatic rings. The van der Waals surface area contributed by atoms with Crippen molar-refractivity contribution in [3.05, 3.63) is 0 Å². The van der Waals surface area contributed by atoms with Gasteiger partial charge in [0.15, 0.2) is 0 Å². The third kappa shape index (κ3) is 6.23. The Morgan fingerprint density at radius 1 is 1.25 bits per heavy atom. The lowest BCUT2D eigenvalue weighted by atomic mass is 10.1. The molecule has 1 aliphatic heterocycles. The minimum absolute atomic E-state index is 0.167. The molecule has 1 unspecified atom stereocenters. The van der Waals surface area contributed by atoms with Gasteiger partial charge < -0.3 is 10.1 Å². The van der Waals surface area contributed by atoms with Gasteiger partial charge in [0.05, 0.1) is 0 Å². The largest absolute Gasteiger partial charge is 0.444 e. The lowest BCUT2D eigenvalue weighted by Crippen LogP contribution is -2.52. The minimum atomic E-state index is -0.563. The van der Waals surface area contributed by atoms with Crippen LogP contribution in [0.25, 0.3) is 0 Å². The van der Waals surface area contributed by atoms with Crippen molar-refractivity contribution < 1.29 is 14.3 Å². The Morgan fingerprint density at radius 2 is 1.85 bits per heavy atom. The van der Waals surface area contributed by atoms with Crippen molar-refractivity contribution >= 4 is 12.0 Å². The summed E-state index contributed by atoms with van der Waals surface area (Å²) in [5, 5.41) is 4.55. The van der Waals surface area contributed by atoms with Crippen molar-refractivity contribution in [1.29, 1.82) is 0 Å². The summed E-state index contributed by atoms with van der Waals surface area (Å²) in [5.74, 6) is -0.167. The van der Waals surface area contributed by atoms with Crippen molar-refractivity contribution in [1.82, 2.24) is 15.8 Å². The third-order valence-electron chi connectivity index (χ3n) is 2.96. The van der Waals surface area contributed by atoms with Crippen molar-refractivity contribution in [2.75, 3.05) is 13.1 Å². The molecular weight excluding hydrogens is 258 g/mol. The van der Waals surface area contributed by atoms with Crippen LogP contribution in [0.1, 0.15) is 53.4 Å². The van der Waals surface area contributed by atoms with Crippen LogP contribution >= 0.6 is 0 Å². The van der Waals surface area contributed by atoms with Gasteiger partial charge in [-0.05, 0) is 40.0 Å². The quantitative estimate of drug-likeness (QED) is 0.808. The molecule has 116 valence electrons. The van der Waals surface area contributed by atoms with E-state index < -0.39 is 17.7 Å². The topological polar surface area (TPSA) is 70.7 Å². The Balaban J connectivity index is 2.49. The number of carbonyl (C=O) groups excluding carboxylic acids is 2. The summed E-state index contributed by atoms with van der Waals surface area (Å²) < 4.78 is 5.19. The molecule has 0 aromatic carbocycles. The van der Waals surface area contributed by atoms with E-state index in [0.29, 0.717) is 6.42 Å². The molecule has 1 heterocycles. The van der Waals surface area contributed by atoms with Gasteiger partial charge in [-0.2, -0.15) is 0 Å². The van der Waals surface area contributed by atoms with Crippen molar-refractivity contribution in [2.45, 2.75) is 65.0 Å². The predicted octanol–water partition coefficient (Wildman–Crippen LogP) is 1.81. The van der Waals surface area contributed by atoms with E-state index in [4.69, 9.17) is 4.74 Å². The van der Waals surface area contributed by atoms with Crippen molar-refractivity contribution in [3.63, 3.8) is 0 Å². The Kier molecular flexibility index (Phi) is 6.26. The third-order valence-corrected chi connectivity index (χ3v) is 2.96. The van der Waals surface area contributed by atoms with Crippen LogP contribution < -0.4 is 10.7 Å². The van der Waals surface area contributed by atoms with Crippen LogP contribution in [0, 0.1) is 0 Å². The van der Waals surface area contributed by atoms with Crippen molar-refractivity contribution in [3.8, 4) is 0 Å². The maximum absolute atomic E-state index is 12.2. The van der Waals surface area contributed by atoms with Gasteiger partial charge in [0.25, 0.3) is 5.91 Å². The summed E-state index contributed by atoms with van der Waals surface area (Å²) in [5.41, 5.74) is 2.29. The lowest BCUT2D eigenvalue weighted by molar-refractivity contribution is -0.127. The van der Waals surface area contributed by atoms with Gasteiger partial charge in [-0.25, -0.2) is 9.80 Å². The fourth-order valence-corrected chi connectivity index (χ4v) is 2.07. The zero-order valence-corrected chi connectivity index (χ0v) is 13.0. The monoisotopic (exact) mass is 285 g/mol. The molecule has 0 spiro atoms. The fraction of sp³-hybridized carbons (Fsp3) is 0.857. The van der Waals surface area contributed by atoms with E-state index in [1.165, 1.54) is 0 Å². The Labute approximate surface area is 121 Å². The van der Waals surface area contributed by atoms with Crippen molar-refractivity contribution in [2.24, 2.45) is 0 Å². The molecule has 1 fully saturated rings. The van der Waals surface area contributed by atoms with Gasteiger partial charge in [0.2, 0.25) is 0 Å². The lowest BCUT2D eigenvalue weighted by Gasteiger charge is -2.25. The number of amides is 2. The molecule has 20 heavy (non-hydrogen) atoms. The second-order valence-corrected chi connectivity index (χ2v) is 6.16. The molecule has 1 saturated heterocycles. The highest BCUT2D eigenvalue weighted by Crippen LogP contribution is 2.08. The molecule has 2 N–H and O–H groups in total. The maximum Gasteiger partial charge on any atom is 0.408 e. The Hall–Kier alpha value is -1.30. The first kappa shape index (κ1) is 16.8. The molecule has 6 heteroatoms. The van der Waals surface area contributed by atoms with E-state index in [0.717, 1.165) is 32.4 Å². The molecule has 0 saturated carbocycles. The highest BCUT2D eigenvalue weighted by atomic mass is 16.6. The Bertz CT molecular complexity index is 333. The smallest absolute Gasteiger partial charge is 0.408 e. The number of hydrogen-bond acceptors (Lipinski definition) is 4. The van der Waals surface area contributed by atoms with E-state index in [9.17, 15) is 9.59 Å². The van der Waals surface area contributed by atoms with Crippen LogP contribution in [0.2, 0.25) is 0 Å². The maximum atomic E-state index is 12.2. The normalized spacial score (nSPS) is 17.6. The molecule has 2 amide bonds. The minimum Gasteiger partial charge on any atom is -0.444 e. The molecular formula is C14H27N3O3. The predicted molar refractivity (Wildman–Crippen MR) is 77.0 cm³/mol. The van der Waals surface area contributed by atoms with Crippen LogP contribution in [0.5, 0.6) is 0 Å². The fourth-order valence-electron chi connectivity index (χ4n) is 2.07. The molecule has 1 rings (SSSR count). The first-order chi connectivity index (χ1) is 9.31. The van der Waals surface area contributed by atoms with E-state index in [-0.39, 0.29) is 5.91 Å². The highest BCUT2D eigenvalue weighted by molar-refractivity contribution is 5.85. The van der Waals surface area contributed by atoms with Crippen LogP contribution in [-0.4, -0.2) is 41.7 Å². The SMILES string of the molecule is CCCC(NC(=O)OC(C)(C)C)C(=O)NN1CCCC1. The van der Waals surface area contributed by atoms with E-state index in [1.54, 1.807) is 20.8 Å². The molecule has 0 bridgehead atoms. The van der Waals surface area contributed by atoms with Crippen LogP contribution in [-0.2, 0) is 9.53 Å². The van der Waals surface area contributed by atoms with Gasteiger partial charge >= 0.3 is 6.09 Å². The first-order valence-electron chi connectivity index (χ1n) is 7.37. The van der Waals surface area contributed by atoms with E-state index in [2.05, 4.69) is 10.7 Å². The number of hydrogen-bond donors (Lipinski definition) is 2. The standard InChI is InChI=1S/C14H27N3O3/c1-5-8-11(15-13(19)20-14(2,3)4)12(18)16-17-9-6-7-10-17/h11H,5-10H2,1-4H3,(H,15,19)(H,16,18). The summed E-state index contributed by atoms with van der Waals surface area (Å²) in [6.07, 6.45) is 3.05. The summed E-state index contributed by atoms with van der Waals surface area (Å²) >= 11 is 0. The van der Waals surface area contributed by atoms with Gasteiger partial charge in [-0.1, -0.05) is 13.3 Å². The van der Waals surface area contributed by atoms with Crippen LogP contribution in [0.3, 0.4) is 0 Å². The highest BCUT2D eigenvalue weighted by Gasteiger charge is 2.25. The number of alkyl carbamates (subject to hydrolysis) is 1. The molecule has 0 radical (unpaired) electrons. The molecule has 0 aliphatic carbocycles. The summed E-state index contributed by atoms with van der Waals surface area (Å²) in [6, 6.07) is -0.546. The second-order valence-electron chi connectivity index (χ2n) is 6.16. The van der Waals surface area contributed by atoms with Gasteiger partial charge in [-0.3, -0.25) is 10.2 Å². The van der Waals surface area contributed by atoms with Crippen LogP contribution in [0.4, 0.5) is 4.79 Å². The number of ether oxygens (including phenoxy) is 1. The number of nitrogens with zero attached hydrogens (tertiary/aromatic N) is 1. The summed E-state index contributed by atoms with van der Waals surface area (Å²) in [6.45, 7) is 9.12. The molecule has 0 aromatic heterocycles. The average Bonchev–Trinajstić information content (AvgIpc) is 2.78. The van der Waals surface area contributed by atoms with Gasteiger partial charge in [0.1, 0.15) is 11.6 Å². The second kappa shape index (κ2) is 7.47. The van der Waals surface area contributed by atoms with Gasteiger partial charge in [-0.15, -0.1) is 0 Å². The summed E-state index contributed by atoms with van der Waals surface area (Å²) in [7, 11) is 0. The van der Waals surface area contributed by atoms with E-state index >= 15 is 0 Å².